The van der Waals surface area contributed by atoms with Crippen LogP contribution < -0.4 is 5.73 Å². The topological polar surface area (TPSA) is 26.0 Å². The summed E-state index contributed by atoms with van der Waals surface area (Å²) < 4.78 is 1.40. The third-order valence-electron chi connectivity index (χ3n) is 2.88. The van der Waals surface area contributed by atoms with Crippen LogP contribution >= 0.6 is 11.3 Å². The van der Waals surface area contributed by atoms with E-state index in [1.807, 2.05) is 11.3 Å². The molecular formula is C12H13NS. The van der Waals surface area contributed by atoms with Gasteiger partial charge in [-0.25, -0.2) is 0 Å². The molecule has 1 aromatic heterocycles. The fraction of sp³-hybridized carbons (Fsp3) is 0.333. The zero-order valence-electron chi connectivity index (χ0n) is 7.99. The molecule has 0 saturated heterocycles. The number of nitrogens with two attached hydrogens (primary N) is 1. The molecule has 1 saturated carbocycles. The van der Waals surface area contributed by atoms with Crippen LogP contribution in [0.1, 0.15) is 29.2 Å². The van der Waals surface area contributed by atoms with Gasteiger partial charge in [-0.1, -0.05) is 18.2 Å². The monoisotopic (exact) mass is 203 g/mol. The van der Waals surface area contributed by atoms with Crippen LogP contribution in [0.5, 0.6) is 0 Å². The molecule has 72 valence electrons. The first-order valence-corrected chi connectivity index (χ1v) is 5.92. The zero-order chi connectivity index (χ0) is 9.54. The Morgan fingerprint density at radius 2 is 2.07 bits per heavy atom. The highest BCUT2D eigenvalue weighted by molar-refractivity contribution is 7.19. The number of benzene rings is 1. The number of hydrogen-bond donors (Lipinski definition) is 1. The summed E-state index contributed by atoms with van der Waals surface area (Å²) in [5, 5.41) is 1.44. The first kappa shape index (κ1) is 8.45. The van der Waals surface area contributed by atoms with Gasteiger partial charge in [-0.2, -0.15) is 0 Å². The van der Waals surface area contributed by atoms with Crippen LogP contribution in [0, 0.1) is 0 Å². The second kappa shape index (κ2) is 3.07. The molecule has 3 rings (SSSR count). The van der Waals surface area contributed by atoms with Crippen LogP contribution in [-0.4, -0.2) is 0 Å². The minimum atomic E-state index is 0.700. The van der Waals surface area contributed by atoms with Crippen LogP contribution in [0.25, 0.3) is 10.1 Å². The van der Waals surface area contributed by atoms with E-state index in [1.54, 1.807) is 5.56 Å². The maximum Gasteiger partial charge on any atom is 0.0349 e. The van der Waals surface area contributed by atoms with E-state index in [-0.39, 0.29) is 0 Å². The van der Waals surface area contributed by atoms with Crippen molar-refractivity contribution in [2.45, 2.75) is 25.3 Å². The van der Waals surface area contributed by atoms with Crippen molar-refractivity contribution in [2.75, 3.05) is 0 Å². The Kier molecular flexibility index (Phi) is 1.85. The van der Waals surface area contributed by atoms with E-state index in [0.29, 0.717) is 6.54 Å². The highest BCUT2D eigenvalue weighted by Crippen LogP contribution is 2.47. The zero-order valence-corrected chi connectivity index (χ0v) is 8.81. The average molecular weight is 203 g/mol. The highest BCUT2D eigenvalue weighted by Gasteiger charge is 2.28. The number of thiophene rings is 1. The standard InChI is InChI=1S/C12H13NS/c13-7-11-12(8-5-6-8)9-3-1-2-4-10(9)14-11/h1-4,8H,5-7,13H2. The first-order chi connectivity index (χ1) is 6.90. The third-order valence-corrected chi connectivity index (χ3v) is 4.09. The highest BCUT2D eigenvalue weighted by atomic mass is 32.1. The molecule has 1 aromatic carbocycles. The van der Waals surface area contributed by atoms with Gasteiger partial charge in [0, 0.05) is 16.1 Å². The molecule has 1 nitrogen and oxygen atoms in total. The van der Waals surface area contributed by atoms with Gasteiger partial charge >= 0.3 is 0 Å². The van der Waals surface area contributed by atoms with Gasteiger partial charge in [0.1, 0.15) is 0 Å². The lowest BCUT2D eigenvalue weighted by Gasteiger charge is -1.98. The molecule has 2 N–H and O–H groups in total. The van der Waals surface area contributed by atoms with E-state index in [9.17, 15) is 0 Å². The molecule has 0 aliphatic heterocycles. The van der Waals surface area contributed by atoms with Crippen molar-refractivity contribution < 1.29 is 0 Å². The number of hydrogen-bond acceptors (Lipinski definition) is 2. The van der Waals surface area contributed by atoms with Crippen molar-refractivity contribution in [3.05, 3.63) is 34.7 Å². The van der Waals surface area contributed by atoms with Gasteiger partial charge in [-0.05, 0) is 35.8 Å². The predicted octanol–water partition coefficient (Wildman–Crippen LogP) is 3.24. The molecule has 2 heteroatoms. The predicted molar refractivity (Wildman–Crippen MR) is 61.7 cm³/mol. The molecule has 1 fully saturated rings. The maximum absolute atomic E-state index is 5.79. The molecule has 1 heterocycles. The Morgan fingerprint density at radius 1 is 1.29 bits per heavy atom. The molecule has 2 aromatic rings. The molecule has 0 atom stereocenters. The molecule has 0 unspecified atom stereocenters. The van der Waals surface area contributed by atoms with Crippen molar-refractivity contribution >= 4 is 21.4 Å². The van der Waals surface area contributed by atoms with Gasteiger partial charge in [-0.3, -0.25) is 0 Å². The molecule has 0 bridgehead atoms. The van der Waals surface area contributed by atoms with E-state index < -0.39 is 0 Å². The van der Waals surface area contributed by atoms with Crippen molar-refractivity contribution in [3.8, 4) is 0 Å². The van der Waals surface area contributed by atoms with Gasteiger partial charge < -0.3 is 5.73 Å². The number of fused-ring (bicyclic) bond motifs is 1. The Morgan fingerprint density at radius 3 is 2.79 bits per heavy atom. The largest absolute Gasteiger partial charge is 0.326 e. The summed E-state index contributed by atoms with van der Waals surface area (Å²) in [6.07, 6.45) is 2.71. The summed E-state index contributed by atoms with van der Waals surface area (Å²) in [5.41, 5.74) is 7.34. The second-order valence-corrected chi connectivity index (χ2v) is 5.05. The van der Waals surface area contributed by atoms with Crippen LogP contribution in [-0.2, 0) is 6.54 Å². The van der Waals surface area contributed by atoms with E-state index in [4.69, 9.17) is 5.73 Å². The third kappa shape index (κ3) is 1.18. The van der Waals surface area contributed by atoms with Crippen LogP contribution in [0.15, 0.2) is 24.3 Å². The van der Waals surface area contributed by atoms with E-state index in [0.717, 1.165) is 5.92 Å². The van der Waals surface area contributed by atoms with Gasteiger partial charge in [0.15, 0.2) is 0 Å². The lowest BCUT2D eigenvalue weighted by molar-refractivity contribution is 1.04. The Labute approximate surface area is 87.5 Å². The minimum absolute atomic E-state index is 0.700. The molecule has 0 spiro atoms. The Bertz CT molecular complexity index is 468. The van der Waals surface area contributed by atoms with Gasteiger partial charge in [0.2, 0.25) is 0 Å². The first-order valence-electron chi connectivity index (χ1n) is 5.10. The second-order valence-electron chi connectivity index (χ2n) is 3.91. The summed E-state index contributed by atoms with van der Waals surface area (Å²) in [5.74, 6) is 0.810. The Hall–Kier alpha value is -0.860. The SMILES string of the molecule is NCc1sc2ccccc2c1C1CC1. The molecular weight excluding hydrogens is 190 g/mol. The average Bonchev–Trinajstić information content (AvgIpc) is 2.98. The molecule has 14 heavy (non-hydrogen) atoms. The van der Waals surface area contributed by atoms with Crippen molar-refractivity contribution in [2.24, 2.45) is 5.73 Å². The van der Waals surface area contributed by atoms with Crippen LogP contribution in [0.3, 0.4) is 0 Å². The van der Waals surface area contributed by atoms with E-state index >= 15 is 0 Å². The van der Waals surface area contributed by atoms with Gasteiger partial charge in [0.05, 0.1) is 0 Å². The molecule has 1 aliphatic carbocycles. The summed E-state index contributed by atoms with van der Waals surface area (Å²) in [4.78, 5) is 1.40. The summed E-state index contributed by atoms with van der Waals surface area (Å²) in [7, 11) is 0. The van der Waals surface area contributed by atoms with Crippen molar-refractivity contribution in [1.29, 1.82) is 0 Å². The quantitative estimate of drug-likeness (QED) is 0.796. The van der Waals surface area contributed by atoms with Crippen molar-refractivity contribution in [3.63, 3.8) is 0 Å². The fourth-order valence-electron chi connectivity index (χ4n) is 2.09. The van der Waals surface area contributed by atoms with Crippen LogP contribution in [0.4, 0.5) is 0 Å². The van der Waals surface area contributed by atoms with Gasteiger partial charge in [-0.15, -0.1) is 11.3 Å². The number of rotatable bonds is 2. The van der Waals surface area contributed by atoms with Crippen molar-refractivity contribution in [1.82, 2.24) is 0 Å². The maximum atomic E-state index is 5.79. The lowest BCUT2D eigenvalue weighted by atomic mass is 10.1. The summed E-state index contributed by atoms with van der Waals surface area (Å²) in [6.45, 7) is 0.700. The van der Waals surface area contributed by atoms with Gasteiger partial charge in [0.25, 0.3) is 0 Å². The Balaban J connectivity index is 2.29. The van der Waals surface area contributed by atoms with Crippen LogP contribution in [0.2, 0.25) is 0 Å². The van der Waals surface area contributed by atoms with E-state index in [1.165, 1.54) is 27.8 Å². The minimum Gasteiger partial charge on any atom is -0.326 e. The molecule has 1 aliphatic rings. The normalized spacial score (nSPS) is 16.4. The molecule has 0 amide bonds. The smallest absolute Gasteiger partial charge is 0.0349 e. The summed E-state index contributed by atoms with van der Waals surface area (Å²) >= 11 is 1.87. The molecule has 0 radical (unpaired) electrons. The summed E-state index contributed by atoms with van der Waals surface area (Å²) in [6, 6.07) is 8.67. The van der Waals surface area contributed by atoms with E-state index in [2.05, 4.69) is 24.3 Å². The fourth-order valence-corrected chi connectivity index (χ4v) is 3.26. The lowest BCUT2D eigenvalue weighted by Crippen LogP contribution is -1.96.